The van der Waals surface area contributed by atoms with Crippen molar-refractivity contribution in [3.05, 3.63) is 120 Å². The maximum atomic E-state index is 13.9. The van der Waals surface area contributed by atoms with E-state index in [4.69, 9.17) is 27.9 Å². The van der Waals surface area contributed by atoms with Gasteiger partial charge in [-0.1, -0.05) is 54.6 Å². The molecule has 57 heavy (non-hydrogen) atoms. The number of carbonyl (C=O) groups is 1. The zero-order valence-electron chi connectivity index (χ0n) is 32.3. The van der Waals surface area contributed by atoms with Crippen LogP contribution in [0.2, 0.25) is 0 Å². The lowest BCUT2D eigenvalue weighted by Gasteiger charge is -2.42. The number of benzene rings is 4. The molecule has 3 heterocycles. The molecular formula is C43H50FN3O9S. The van der Waals surface area contributed by atoms with Crippen molar-refractivity contribution < 1.29 is 45.5 Å². The number of nitrogens with zero attached hydrogens (tertiary/aromatic N) is 3. The zero-order chi connectivity index (χ0) is 39.8. The van der Waals surface area contributed by atoms with Gasteiger partial charge in [-0.3, -0.25) is 4.18 Å². The van der Waals surface area contributed by atoms with E-state index >= 15 is 0 Å². The number of fused-ring (bicyclic) bond motifs is 1. The number of likely N-dealkylation sites (tertiary alicyclic amines) is 1. The fourth-order valence-corrected chi connectivity index (χ4v) is 8.40. The predicted molar refractivity (Wildman–Crippen MR) is 214 cm³/mol. The van der Waals surface area contributed by atoms with Gasteiger partial charge in [-0.2, -0.15) is 8.42 Å². The van der Waals surface area contributed by atoms with Gasteiger partial charge in [0.2, 0.25) is 0 Å². The van der Waals surface area contributed by atoms with Gasteiger partial charge in [0.25, 0.3) is 10.1 Å². The van der Waals surface area contributed by atoms with Crippen LogP contribution < -0.4 is 19.3 Å². The standard InChI is InChI=1S/C43H50FN3O9S/c1-51-22-7-19-45-21-23-52-39-17-12-32(24-38(39)45)30-53-40-27-47(43(48)54-29-31-8-4-3-5-9-31)28-41(56-57(2,49)50)42(40)33-13-15-36(16-14-33)55-37-18-20-46(26-37)35-11-6-10-34(44)25-35/h3-6,8-17,24-25,37,40-42H,7,18-23,26-30H2,1-2H3. The Morgan fingerprint density at radius 2 is 1.68 bits per heavy atom. The number of amides is 1. The molecule has 304 valence electrons. The minimum atomic E-state index is -3.96. The summed E-state index contributed by atoms with van der Waals surface area (Å²) in [5.74, 6) is 0.596. The zero-order valence-corrected chi connectivity index (χ0v) is 33.2. The average molecular weight is 804 g/mol. The minimum absolute atomic E-state index is 0.0337. The Kier molecular flexibility index (Phi) is 13.1. The molecule has 2 saturated heterocycles. The van der Waals surface area contributed by atoms with Crippen molar-refractivity contribution in [2.75, 3.05) is 75.6 Å². The number of carbonyl (C=O) groups excluding carboxylic acids is 1. The minimum Gasteiger partial charge on any atom is -0.490 e. The fraction of sp³-hybridized carbons (Fsp3) is 0.419. The van der Waals surface area contributed by atoms with Crippen molar-refractivity contribution in [2.45, 2.75) is 50.3 Å². The van der Waals surface area contributed by atoms with Crippen LogP contribution in [-0.4, -0.2) is 104 Å². The Balaban J connectivity index is 1.11. The van der Waals surface area contributed by atoms with Crippen LogP contribution in [0.3, 0.4) is 0 Å². The molecule has 4 atom stereocenters. The first kappa shape index (κ1) is 40.3. The Labute approximate surface area is 334 Å². The van der Waals surface area contributed by atoms with E-state index in [0.717, 1.165) is 72.5 Å². The van der Waals surface area contributed by atoms with Gasteiger partial charge in [-0.05, 0) is 65.6 Å². The van der Waals surface area contributed by atoms with Crippen LogP contribution in [-0.2, 0) is 41.7 Å². The smallest absolute Gasteiger partial charge is 0.410 e. The molecule has 0 aromatic heterocycles. The number of methoxy groups -OCH3 is 1. The highest BCUT2D eigenvalue weighted by Crippen LogP contribution is 2.37. The molecular weight excluding hydrogens is 754 g/mol. The number of piperidine rings is 1. The van der Waals surface area contributed by atoms with E-state index in [0.29, 0.717) is 25.5 Å². The van der Waals surface area contributed by atoms with E-state index in [1.807, 2.05) is 72.8 Å². The molecule has 0 radical (unpaired) electrons. The van der Waals surface area contributed by atoms with Gasteiger partial charge in [0, 0.05) is 44.8 Å². The quantitative estimate of drug-likeness (QED) is 0.0985. The first-order valence-corrected chi connectivity index (χ1v) is 21.2. The number of anilines is 2. The molecule has 0 N–H and O–H groups in total. The van der Waals surface area contributed by atoms with E-state index in [1.54, 1.807) is 13.2 Å². The second-order valence-corrected chi connectivity index (χ2v) is 16.3. The molecule has 2 fully saturated rings. The fourth-order valence-electron chi connectivity index (χ4n) is 7.77. The summed E-state index contributed by atoms with van der Waals surface area (Å²) in [4.78, 5) is 19.4. The lowest BCUT2D eigenvalue weighted by Crippen LogP contribution is -2.55. The molecule has 0 aliphatic carbocycles. The van der Waals surface area contributed by atoms with Crippen molar-refractivity contribution in [1.29, 1.82) is 0 Å². The van der Waals surface area contributed by atoms with Gasteiger partial charge in [-0.25, -0.2) is 9.18 Å². The van der Waals surface area contributed by atoms with Gasteiger partial charge in [0.1, 0.15) is 42.7 Å². The van der Waals surface area contributed by atoms with Gasteiger partial charge >= 0.3 is 6.09 Å². The van der Waals surface area contributed by atoms with Crippen LogP contribution in [0.5, 0.6) is 11.5 Å². The normalized spacial score (nSPS) is 20.9. The molecule has 4 unspecified atom stereocenters. The van der Waals surface area contributed by atoms with E-state index in [-0.39, 0.29) is 38.2 Å². The molecule has 0 saturated carbocycles. The molecule has 12 nitrogen and oxygen atoms in total. The Hall–Kier alpha value is -4.89. The summed E-state index contributed by atoms with van der Waals surface area (Å²) in [5.41, 5.74) is 4.28. The van der Waals surface area contributed by atoms with Crippen molar-refractivity contribution in [1.82, 2.24) is 4.90 Å². The highest BCUT2D eigenvalue weighted by atomic mass is 32.2. The van der Waals surface area contributed by atoms with E-state index in [2.05, 4.69) is 15.9 Å². The summed E-state index contributed by atoms with van der Waals surface area (Å²) in [6.07, 6.45) is 0.302. The third-order valence-corrected chi connectivity index (χ3v) is 11.1. The molecule has 4 aromatic carbocycles. The van der Waals surface area contributed by atoms with Crippen LogP contribution in [0, 0.1) is 5.82 Å². The van der Waals surface area contributed by atoms with Crippen molar-refractivity contribution in [2.24, 2.45) is 0 Å². The monoisotopic (exact) mass is 803 g/mol. The van der Waals surface area contributed by atoms with Gasteiger partial charge in [0.05, 0.1) is 50.8 Å². The lowest BCUT2D eigenvalue weighted by atomic mass is 9.84. The highest BCUT2D eigenvalue weighted by Gasteiger charge is 2.43. The summed E-state index contributed by atoms with van der Waals surface area (Å²) in [5, 5.41) is 0. The van der Waals surface area contributed by atoms with E-state index in [1.165, 1.54) is 17.0 Å². The molecule has 7 rings (SSSR count). The molecule has 3 aliphatic heterocycles. The van der Waals surface area contributed by atoms with E-state index in [9.17, 15) is 17.6 Å². The summed E-state index contributed by atoms with van der Waals surface area (Å²) < 4.78 is 75.1. The SMILES string of the molecule is COCCCN1CCOc2ccc(COC3CN(C(=O)OCc4ccccc4)CC(OS(C)(=O)=O)C3c3ccc(OC4CCN(c5cccc(F)c5)C4)cc3)cc21. The lowest BCUT2D eigenvalue weighted by molar-refractivity contribution is -0.0610. The van der Waals surface area contributed by atoms with Crippen molar-refractivity contribution >= 4 is 27.6 Å². The van der Waals surface area contributed by atoms with Crippen LogP contribution >= 0.6 is 0 Å². The summed E-state index contributed by atoms with van der Waals surface area (Å²) in [6, 6.07) is 29.4. The second kappa shape index (κ2) is 18.6. The van der Waals surface area contributed by atoms with Crippen LogP contribution in [0.15, 0.2) is 97.1 Å². The average Bonchev–Trinajstić information content (AvgIpc) is 3.68. The molecule has 3 aliphatic rings. The van der Waals surface area contributed by atoms with Crippen LogP contribution in [0.25, 0.3) is 0 Å². The Morgan fingerprint density at radius 3 is 2.46 bits per heavy atom. The third kappa shape index (κ3) is 10.7. The number of halogens is 1. The van der Waals surface area contributed by atoms with Crippen LogP contribution in [0.4, 0.5) is 20.6 Å². The number of hydrogen-bond donors (Lipinski definition) is 0. The Morgan fingerprint density at radius 1 is 0.877 bits per heavy atom. The summed E-state index contributed by atoms with van der Waals surface area (Å²) in [6.45, 7) is 4.51. The predicted octanol–water partition coefficient (Wildman–Crippen LogP) is 6.38. The Bertz CT molecular complexity index is 2060. The maximum absolute atomic E-state index is 13.9. The van der Waals surface area contributed by atoms with Crippen molar-refractivity contribution in [3.63, 3.8) is 0 Å². The highest BCUT2D eigenvalue weighted by molar-refractivity contribution is 7.86. The first-order valence-electron chi connectivity index (χ1n) is 19.3. The number of ether oxygens (including phenoxy) is 5. The topological polar surface area (TPSA) is 116 Å². The maximum Gasteiger partial charge on any atom is 0.410 e. The van der Waals surface area contributed by atoms with E-state index < -0.39 is 34.3 Å². The molecule has 0 spiro atoms. The van der Waals surface area contributed by atoms with Crippen molar-refractivity contribution in [3.8, 4) is 11.5 Å². The number of rotatable bonds is 15. The second-order valence-electron chi connectivity index (χ2n) is 14.7. The molecule has 0 bridgehead atoms. The molecule has 1 amide bonds. The van der Waals surface area contributed by atoms with Gasteiger partial charge in [0.15, 0.2) is 0 Å². The largest absolute Gasteiger partial charge is 0.490 e. The molecule has 4 aromatic rings. The van der Waals surface area contributed by atoms with Gasteiger partial charge < -0.3 is 38.4 Å². The van der Waals surface area contributed by atoms with Crippen LogP contribution in [0.1, 0.15) is 35.4 Å². The molecule has 14 heteroatoms. The third-order valence-electron chi connectivity index (χ3n) is 10.5. The first-order chi connectivity index (χ1) is 27.6. The summed E-state index contributed by atoms with van der Waals surface area (Å²) in [7, 11) is -2.26. The van der Waals surface area contributed by atoms with Gasteiger partial charge in [-0.15, -0.1) is 0 Å². The summed E-state index contributed by atoms with van der Waals surface area (Å²) >= 11 is 0. The number of hydrogen-bond acceptors (Lipinski definition) is 11.